The van der Waals surface area contributed by atoms with Crippen LogP contribution in [0.5, 0.6) is 5.75 Å². The Kier molecular flexibility index (Phi) is 9.36. The first kappa shape index (κ1) is 40.0. The summed E-state index contributed by atoms with van der Waals surface area (Å²) in [5.74, 6) is -3.63. The highest BCUT2D eigenvalue weighted by atomic mass is 16.7. The average Bonchev–Trinajstić information content (AvgIpc) is 3.87. The number of likely N-dealkylation sites (N-methyl/N-ethyl adjacent to an activating group) is 1. The molecule has 0 radical (unpaired) electrons. The number of methoxy groups -OCH3 is 2. The Labute approximate surface area is 345 Å². The predicted molar refractivity (Wildman–Crippen MR) is 220 cm³/mol. The molecule has 1 saturated carbocycles. The molecule has 1 aliphatic carbocycles. The van der Waals surface area contributed by atoms with Crippen LogP contribution in [-0.4, -0.2) is 126 Å². The SMILES string of the molecule is CC[C@]1(O)CC2CN(CCc3c([nH]c4ccccc34)C(C(=O)OC)(c3cc4c(cc3OC)N(C)C3C45CCN4CC=C[C@](CC)(C45)[C@@H](OC(C)=O)[C@]3(O)OC(C)=O)C2)C1. The summed E-state index contributed by atoms with van der Waals surface area (Å²) in [7, 11) is 4.92. The van der Waals surface area contributed by atoms with Gasteiger partial charge in [0.2, 0.25) is 0 Å². The van der Waals surface area contributed by atoms with E-state index in [4.69, 9.17) is 18.9 Å². The molecular formula is C46H58N4O9. The van der Waals surface area contributed by atoms with Gasteiger partial charge in [-0.3, -0.25) is 24.2 Å². The number of aromatic nitrogens is 1. The molecule has 316 valence electrons. The van der Waals surface area contributed by atoms with Crippen molar-refractivity contribution < 1.29 is 43.5 Å². The molecule has 2 aromatic carbocycles. The Morgan fingerprint density at radius 3 is 2.44 bits per heavy atom. The van der Waals surface area contributed by atoms with Gasteiger partial charge in [-0.25, -0.2) is 0 Å². The molecule has 2 saturated heterocycles. The number of piperidine rings is 1. The summed E-state index contributed by atoms with van der Waals surface area (Å²) >= 11 is 0. The molecule has 5 aliphatic heterocycles. The number of fused-ring (bicyclic) bond motifs is 6. The Morgan fingerprint density at radius 2 is 1.75 bits per heavy atom. The average molecular weight is 811 g/mol. The van der Waals surface area contributed by atoms with E-state index in [-0.39, 0.29) is 12.0 Å². The summed E-state index contributed by atoms with van der Waals surface area (Å²) in [5.41, 5.74) is 0.799. The number of rotatable bonds is 7. The molecule has 13 nitrogen and oxygen atoms in total. The fourth-order valence-electron chi connectivity index (χ4n) is 13.4. The number of esters is 3. The van der Waals surface area contributed by atoms with Gasteiger partial charge in [-0.1, -0.05) is 44.2 Å². The fraction of sp³-hybridized carbons (Fsp3) is 0.587. The van der Waals surface area contributed by atoms with Gasteiger partial charge in [0.15, 0.2) is 6.10 Å². The summed E-state index contributed by atoms with van der Waals surface area (Å²) in [6.07, 6.45) is 6.06. The zero-order valence-electron chi connectivity index (χ0n) is 35.3. The van der Waals surface area contributed by atoms with Gasteiger partial charge in [-0.2, -0.15) is 0 Å². The number of hydrogen-bond acceptors (Lipinski definition) is 12. The predicted octanol–water partition coefficient (Wildman–Crippen LogP) is 4.34. The zero-order chi connectivity index (χ0) is 41.9. The number of carbonyl (C=O) groups excluding carboxylic acids is 3. The molecule has 2 bridgehead atoms. The van der Waals surface area contributed by atoms with Crippen LogP contribution in [0.25, 0.3) is 10.9 Å². The Morgan fingerprint density at radius 1 is 0.966 bits per heavy atom. The molecule has 3 fully saturated rings. The van der Waals surface area contributed by atoms with Crippen molar-refractivity contribution in [3.63, 3.8) is 0 Å². The van der Waals surface area contributed by atoms with Gasteiger partial charge in [-0.15, -0.1) is 0 Å². The van der Waals surface area contributed by atoms with Gasteiger partial charge in [-0.05, 0) is 74.2 Å². The lowest BCUT2D eigenvalue weighted by Crippen LogP contribution is -2.80. The van der Waals surface area contributed by atoms with Gasteiger partial charge in [0.1, 0.15) is 17.2 Å². The van der Waals surface area contributed by atoms with Crippen molar-refractivity contribution in [3.05, 3.63) is 70.9 Å². The Hall–Kier alpha value is -4.43. The molecule has 3 aromatic rings. The molecule has 1 spiro atoms. The number of aromatic amines is 1. The highest BCUT2D eigenvalue weighted by molar-refractivity contribution is 5.94. The molecular weight excluding hydrogens is 753 g/mol. The maximum Gasteiger partial charge on any atom is 0.322 e. The number of aliphatic hydroxyl groups is 2. The van der Waals surface area contributed by atoms with Crippen molar-refractivity contribution in [1.29, 1.82) is 0 Å². The van der Waals surface area contributed by atoms with Crippen LogP contribution in [0.2, 0.25) is 0 Å². The highest BCUT2D eigenvalue weighted by Gasteiger charge is 2.79. The monoisotopic (exact) mass is 810 g/mol. The van der Waals surface area contributed by atoms with E-state index < -0.39 is 57.7 Å². The van der Waals surface area contributed by atoms with Crippen LogP contribution in [0.3, 0.4) is 0 Å². The molecule has 6 aliphatic rings. The lowest BCUT2D eigenvalue weighted by molar-refractivity contribution is -0.309. The summed E-state index contributed by atoms with van der Waals surface area (Å²) in [5, 5.41) is 26.3. The second-order valence-corrected chi connectivity index (χ2v) is 18.2. The summed E-state index contributed by atoms with van der Waals surface area (Å²) in [6, 6.07) is 11.0. The number of hydrogen-bond donors (Lipinski definition) is 3. The number of nitrogens with one attached hydrogen (secondary N) is 1. The second-order valence-electron chi connectivity index (χ2n) is 18.2. The largest absolute Gasteiger partial charge is 0.496 e. The van der Waals surface area contributed by atoms with Gasteiger partial charge in [0, 0.05) is 97.9 Å². The molecule has 6 unspecified atom stereocenters. The maximum atomic E-state index is 15.3. The van der Waals surface area contributed by atoms with E-state index in [1.165, 1.54) is 21.0 Å². The van der Waals surface area contributed by atoms with Crippen LogP contribution in [0.4, 0.5) is 5.69 Å². The Balaban J connectivity index is 1.36. The normalized spacial score (nSPS) is 37.0. The van der Waals surface area contributed by atoms with Crippen molar-refractivity contribution >= 4 is 34.5 Å². The van der Waals surface area contributed by atoms with Crippen molar-refractivity contribution in [1.82, 2.24) is 14.8 Å². The van der Waals surface area contributed by atoms with Crippen molar-refractivity contribution in [3.8, 4) is 5.75 Å². The molecule has 1 aromatic heterocycles. The molecule has 3 N–H and O–H groups in total. The van der Waals surface area contributed by atoms with Crippen LogP contribution < -0.4 is 9.64 Å². The van der Waals surface area contributed by atoms with E-state index in [0.717, 1.165) is 33.4 Å². The smallest absolute Gasteiger partial charge is 0.322 e. The van der Waals surface area contributed by atoms with Gasteiger partial charge in [0.25, 0.3) is 5.79 Å². The van der Waals surface area contributed by atoms with Crippen LogP contribution in [0.15, 0.2) is 48.6 Å². The summed E-state index contributed by atoms with van der Waals surface area (Å²) in [6.45, 7) is 9.94. The van der Waals surface area contributed by atoms with Crippen molar-refractivity contribution in [2.75, 3.05) is 58.9 Å². The topological polar surface area (TPSA) is 154 Å². The Bertz CT molecular complexity index is 2260. The lowest BCUT2D eigenvalue weighted by atomic mass is 9.50. The number of carbonyl (C=O) groups is 3. The van der Waals surface area contributed by atoms with Crippen LogP contribution in [0.1, 0.15) is 82.2 Å². The fourth-order valence-corrected chi connectivity index (χ4v) is 13.4. The van der Waals surface area contributed by atoms with Crippen LogP contribution in [0, 0.1) is 11.3 Å². The number of anilines is 1. The molecule has 9 rings (SSSR count). The van der Waals surface area contributed by atoms with Crippen molar-refractivity contribution in [2.45, 2.75) is 107 Å². The van der Waals surface area contributed by atoms with E-state index in [1.807, 2.05) is 50.1 Å². The second kappa shape index (κ2) is 13.8. The minimum Gasteiger partial charge on any atom is -0.496 e. The number of benzene rings is 2. The molecule has 6 heterocycles. The third-order valence-electron chi connectivity index (χ3n) is 15.3. The minimum absolute atomic E-state index is 0.0943. The molecule has 13 heteroatoms. The molecule has 59 heavy (non-hydrogen) atoms. The van der Waals surface area contributed by atoms with Crippen molar-refractivity contribution in [2.24, 2.45) is 11.3 Å². The number of ether oxygens (including phenoxy) is 4. The van der Waals surface area contributed by atoms with Gasteiger partial charge >= 0.3 is 17.9 Å². The zero-order valence-corrected chi connectivity index (χ0v) is 35.3. The summed E-state index contributed by atoms with van der Waals surface area (Å²) < 4.78 is 24.6. The lowest BCUT2D eigenvalue weighted by Gasteiger charge is -2.63. The third-order valence-corrected chi connectivity index (χ3v) is 15.3. The van der Waals surface area contributed by atoms with Crippen LogP contribution >= 0.6 is 0 Å². The standard InChI is InChI=1S/C46H58N4O9/c1-8-42(54)23-29-24-45(41(53)57-7,37-31(15-19-49(25-29)26-42)30-13-10-11-14-34(30)47-37)33-21-32-35(22-36(33)56-6)48(5)39-44(32)17-20-50-18-12-16-43(9-2,38(44)50)40(58-27(3)51)46(39,55)59-28(4)52/h10-14,16,21-22,29,38-40,47,54-55H,8-9,15,17-20,23-26H2,1-7H3/t29?,38?,39?,40-,42+,43-,44?,45?,46-/m1/s1. The quantitative estimate of drug-likeness (QED) is 0.135. The van der Waals surface area contributed by atoms with Gasteiger partial charge in [0.05, 0.1) is 19.8 Å². The first-order chi connectivity index (χ1) is 28.2. The first-order valence-corrected chi connectivity index (χ1v) is 21.3. The van der Waals surface area contributed by atoms with E-state index in [1.54, 1.807) is 7.11 Å². The minimum atomic E-state index is -2.28. The van der Waals surface area contributed by atoms with E-state index in [2.05, 4.69) is 39.1 Å². The van der Waals surface area contributed by atoms with E-state index in [9.17, 15) is 19.8 Å². The first-order valence-electron chi connectivity index (χ1n) is 21.3. The van der Waals surface area contributed by atoms with E-state index in [0.29, 0.717) is 82.6 Å². The summed E-state index contributed by atoms with van der Waals surface area (Å²) in [4.78, 5) is 51.9. The number of para-hydroxylation sites is 1. The van der Waals surface area contributed by atoms with E-state index >= 15 is 4.79 Å². The van der Waals surface area contributed by atoms with Gasteiger partial charge < -0.3 is 39.0 Å². The molecule has 10 atom stereocenters. The number of nitrogens with zero attached hydrogens (tertiary/aromatic N) is 3. The number of H-pyrrole nitrogens is 1. The van der Waals surface area contributed by atoms with Crippen LogP contribution in [-0.2, 0) is 45.8 Å². The maximum absolute atomic E-state index is 15.3. The molecule has 0 amide bonds. The highest BCUT2D eigenvalue weighted by Crippen LogP contribution is 2.68. The third kappa shape index (κ3) is 5.39.